The van der Waals surface area contributed by atoms with Crippen molar-refractivity contribution in [1.82, 2.24) is 4.57 Å². The SMILES string of the molecule is COCCOc1cccc(NC(=O)c2cc(Cl)c(-n3cccc3)cc2OC)c1. The number of halogens is 1. The first kappa shape index (κ1) is 19.8. The Bertz CT molecular complexity index is 942. The highest BCUT2D eigenvalue weighted by molar-refractivity contribution is 6.33. The quantitative estimate of drug-likeness (QED) is 0.569. The summed E-state index contributed by atoms with van der Waals surface area (Å²) in [4.78, 5) is 12.8. The molecule has 0 aliphatic rings. The van der Waals surface area contributed by atoms with Crippen LogP contribution in [0, 0.1) is 0 Å². The molecule has 3 aromatic rings. The molecule has 0 saturated heterocycles. The fraction of sp³-hybridized carbons (Fsp3) is 0.190. The fourth-order valence-corrected chi connectivity index (χ4v) is 2.95. The average molecular weight is 401 g/mol. The molecule has 0 aliphatic heterocycles. The number of methoxy groups -OCH3 is 2. The molecule has 1 amide bonds. The van der Waals surface area contributed by atoms with E-state index in [-0.39, 0.29) is 5.91 Å². The monoisotopic (exact) mass is 400 g/mol. The molecule has 0 unspecified atom stereocenters. The van der Waals surface area contributed by atoms with Crippen molar-refractivity contribution in [3.05, 3.63) is 71.5 Å². The molecule has 6 nitrogen and oxygen atoms in total. The minimum absolute atomic E-state index is 0.327. The lowest BCUT2D eigenvalue weighted by atomic mass is 10.1. The predicted molar refractivity (Wildman–Crippen MR) is 109 cm³/mol. The summed E-state index contributed by atoms with van der Waals surface area (Å²) in [5.41, 5.74) is 1.68. The normalized spacial score (nSPS) is 10.5. The molecule has 0 radical (unpaired) electrons. The van der Waals surface area contributed by atoms with E-state index in [9.17, 15) is 4.79 Å². The molecule has 2 aromatic carbocycles. The number of aromatic nitrogens is 1. The van der Waals surface area contributed by atoms with Crippen LogP contribution in [0.15, 0.2) is 60.9 Å². The van der Waals surface area contributed by atoms with Crippen LogP contribution >= 0.6 is 11.6 Å². The lowest BCUT2D eigenvalue weighted by Crippen LogP contribution is -2.14. The summed E-state index contributed by atoms with van der Waals surface area (Å²) in [5.74, 6) is 0.743. The van der Waals surface area contributed by atoms with Crippen LogP contribution < -0.4 is 14.8 Å². The first-order valence-corrected chi connectivity index (χ1v) is 9.04. The first-order valence-electron chi connectivity index (χ1n) is 8.66. The van der Waals surface area contributed by atoms with Gasteiger partial charge in [-0.25, -0.2) is 0 Å². The Labute approximate surface area is 168 Å². The van der Waals surface area contributed by atoms with Gasteiger partial charge in [-0.2, -0.15) is 0 Å². The number of amides is 1. The smallest absolute Gasteiger partial charge is 0.259 e. The zero-order valence-corrected chi connectivity index (χ0v) is 16.4. The maximum atomic E-state index is 12.8. The van der Waals surface area contributed by atoms with Crippen molar-refractivity contribution in [3.63, 3.8) is 0 Å². The number of carbonyl (C=O) groups excluding carboxylic acids is 1. The highest BCUT2D eigenvalue weighted by atomic mass is 35.5. The molecule has 0 atom stereocenters. The van der Waals surface area contributed by atoms with Crippen LogP contribution in [0.5, 0.6) is 11.5 Å². The fourth-order valence-electron chi connectivity index (χ4n) is 2.69. The van der Waals surface area contributed by atoms with E-state index in [0.29, 0.717) is 41.0 Å². The van der Waals surface area contributed by atoms with E-state index in [1.807, 2.05) is 35.2 Å². The number of anilines is 1. The van der Waals surface area contributed by atoms with Crippen LogP contribution in [0.1, 0.15) is 10.4 Å². The van der Waals surface area contributed by atoms with Crippen molar-refractivity contribution >= 4 is 23.2 Å². The van der Waals surface area contributed by atoms with E-state index in [2.05, 4.69) is 5.32 Å². The number of ether oxygens (including phenoxy) is 3. The van der Waals surface area contributed by atoms with Crippen molar-refractivity contribution in [2.45, 2.75) is 0 Å². The second-order valence-electron chi connectivity index (χ2n) is 5.92. The van der Waals surface area contributed by atoms with Crippen LogP contribution in [0.3, 0.4) is 0 Å². The highest BCUT2D eigenvalue weighted by Crippen LogP contribution is 2.30. The lowest BCUT2D eigenvalue weighted by Gasteiger charge is -2.14. The summed E-state index contributed by atoms with van der Waals surface area (Å²) >= 11 is 6.40. The van der Waals surface area contributed by atoms with E-state index in [1.165, 1.54) is 7.11 Å². The average Bonchev–Trinajstić information content (AvgIpc) is 3.23. The summed E-state index contributed by atoms with van der Waals surface area (Å²) < 4.78 is 17.8. The number of nitrogens with zero attached hydrogens (tertiary/aromatic N) is 1. The predicted octanol–water partition coefficient (Wildman–Crippen LogP) is 4.42. The van der Waals surface area contributed by atoms with Crippen LogP contribution in [0.4, 0.5) is 5.69 Å². The largest absolute Gasteiger partial charge is 0.496 e. The zero-order chi connectivity index (χ0) is 19.9. The molecule has 1 N–H and O–H groups in total. The standard InChI is InChI=1S/C21H21ClN2O4/c1-26-10-11-28-16-7-5-6-15(12-16)23-21(25)17-13-18(22)19(14-20(17)27-2)24-8-3-4-9-24/h3-9,12-14H,10-11H2,1-2H3,(H,23,25). The Hall–Kier alpha value is -2.96. The van der Waals surface area contributed by atoms with Gasteiger partial charge >= 0.3 is 0 Å². The molecular weight excluding hydrogens is 380 g/mol. The molecule has 1 aromatic heterocycles. The van der Waals surface area contributed by atoms with Gasteiger partial charge in [0.1, 0.15) is 18.1 Å². The van der Waals surface area contributed by atoms with Gasteiger partial charge in [0.2, 0.25) is 0 Å². The van der Waals surface area contributed by atoms with Gasteiger partial charge in [-0.3, -0.25) is 4.79 Å². The van der Waals surface area contributed by atoms with Crippen molar-refractivity contribution in [2.75, 3.05) is 32.8 Å². The van der Waals surface area contributed by atoms with Gasteiger partial charge in [0.25, 0.3) is 5.91 Å². The number of benzene rings is 2. The van der Waals surface area contributed by atoms with Crippen molar-refractivity contribution in [3.8, 4) is 17.2 Å². The molecule has 0 spiro atoms. The Morgan fingerprint density at radius 2 is 1.86 bits per heavy atom. The Kier molecular flexibility index (Phi) is 6.57. The van der Waals surface area contributed by atoms with Crippen LogP contribution in [0.25, 0.3) is 5.69 Å². The van der Waals surface area contributed by atoms with E-state index in [1.54, 1.807) is 37.4 Å². The van der Waals surface area contributed by atoms with E-state index in [0.717, 1.165) is 5.69 Å². The number of rotatable bonds is 8. The third-order valence-electron chi connectivity index (χ3n) is 4.04. The topological polar surface area (TPSA) is 61.7 Å². The van der Waals surface area contributed by atoms with Crippen LogP contribution in [-0.4, -0.2) is 37.9 Å². The third kappa shape index (κ3) is 4.65. The maximum absolute atomic E-state index is 12.8. The van der Waals surface area contributed by atoms with Crippen molar-refractivity contribution in [2.24, 2.45) is 0 Å². The molecule has 7 heteroatoms. The molecule has 3 rings (SSSR count). The van der Waals surface area contributed by atoms with Gasteiger partial charge in [-0.05, 0) is 30.3 Å². The van der Waals surface area contributed by atoms with Crippen LogP contribution in [-0.2, 0) is 4.74 Å². The molecule has 28 heavy (non-hydrogen) atoms. The summed E-state index contributed by atoms with van der Waals surface area (Å²) in [6.07, 6.45) is 3.74. The first-order chi connectivity index (χ1) is 13.6. The van der Waals surface area contributed by atoms with E-state index < -0.39 is 0 Å². The van der Waals surface area contributed by atoms with Gasteiger partial charge in [0.15, 0.2) is 0 Å². The molecule has 1 heterocycles. The summed E-state index contributed by atoms with van der Waals surface area (Å²) in [6.45, 7) is 0.915. The Morgan fingerprint density at radius 1 is 1.07 bits per heavy atom. The Balaban J connectivity index is 1.81. The lowest BCUT2D eigenvalue weighted by molar-refractivity contribution is 0.102. The molecule has 0 aliphatic carbocycles. The van der Waals surface area contributed by atoms with E-state index in [4.69, 9.17) is 25.8 Å². The molecule has 0 fully saturated rings. The second-order valence-corrected chi connectivity index (χ2v) is 6.32. The molecule has 0 saturated carbocycles. The van der Waals surface area contributed by atoms with Gasteiger partial charge in [-0.1, -0.05) is 17.7 Å². The van der Waals surface area contributed by atoms with Crippen molar-refractivity contribution in [1.29, 1.82) is 0 Å². The molecule has 0 bridgehead atoms. The van der Waals surface area contributed by atoms with Crippen molar-refractivity contribution < 1.29 is 19.0 Å². The summed E-state index contributed by atoms with van der Waals surface area (Å²) in [7, 11) is 3.13. The van der Waals surface area contributed by atoms with Gasteiger partial charge in [0, 0.05) is 37.3 Å². The third-order valence-corrected chi connectivity index (χ3v) is 4.35. The van der Waals surface area contributed by atoms with Gasteiger partial charge in [-0.15, -0.1) is 0 Å². The number of hydrogen-bond donors (Lipinski definition) is 1. The molecular formula is C21H21ClN2O4. The maximum Gasteiger partial charge on any atom is 0.259 e. The van der Waals surface area contributed by atoms with Gasteiger partial charge in [0.05, 0.1) is 30.0 Å². The van der Waals surface area contributed by atoms with E-state index >= 15 is 0 Å². The minimum Gasteiger partial charge on any atom is -0.496 e. The molecule has 146 valence electrons. The number of nitrogens with one attached hydrogen (secondary N) is 1. The summed E-state index contributed by atoms with van der Waals surface area (Å²) in [6, 6.07) is 14.3. The number of hydrogen-bond acceptors (Lipinski definition) is 4. The second kappa shape index (κ2) is 9.30. The highest BCUT2D eigenvalue weighted by Gasteiger charge is 2.17. The van der Waals surface area contributed by atoms with Crippen LogP contribution in [0.2, 0.25) is 5.02 Å². The summed E-state index contributed by atoms with van der Waals surface area (Å²) in [5, 5.41) is 3.29. The Morgan fingerprint density at radius 3 is 2.57 bits per heavy atom. The van der Waals surface area contributed by atoms with Gasteiger partial charge < -0.3 is 24.1 Å². The minimum atomic E-state index is -0.327. The zero-order valence-electron chi connectivity index (χ0n) is 15.6. The number of carbonyl (C=O) groups is 1.